The van der Waals surface area contributed by atoms with Gasteiger partial charge in [0.25, 0.3) is 0 Å². The zero-order valence-corrected chi connectivity index (χ0v) is 15.0. The van der Waals surface area contributed by atoms with Gasteiger partial charge in [-0.2, -0.15) is 0 Å². The highest BCUT2D eigenvalue weighted by Crippen LogP contribution is 2.18. The monoisotopic (exact) mass is 357 g/mol. The maximum absolute atomic E-state index is 11.5. The molecule has 1 aromatic carbocycles. The highest BCUT2D eigenvalue weighted by Gasteiger charge is 2.27. The number of rotatable bonds is 6. The average molecular weight is 358 g/mol. The van der Waals surface area contributed by atoms with Crippen LogP contribution in [0, 0.1) is 5.92 Å². The Balaban J connectivity index is 1.82. The molecule has 1 fully saturated rings. The van der Waals surface area contributed by atoms with Gasteiger partial charge in [-0.15, -0.1) is 0 Å². The molecule has 5 nitrogen and oxygen atoms in total. The molecule has 23 heavy (non-hydrogen) atoms. The molecule has 1 unspecified atom stereocenters. The van der Waals surface area contributed by atoms with Crippen molar-refractivity contribution in [2.75, 3.05) is 31.1 Å². The quantitative estimate of drug-likeness (QED) is 0.602. The van der Waals surface area contributed by atoms with E-state index >= 15 is 0 Å². The average Bonchev–Trinajstić information content (AvgIpc) is 2.84. The highest BCUT2D eigenvalue weighted by molar-refractivity contribution is 7.91. The Labute approximate surface area is 143 Å². The molecular formula is C16H24ClN3O2S. The van der Waals surface area contributed by atoms with Crippen LogP contribution in [0.25, 0.3) is 0 Å². The molecule has 1 saturated heterocycles. The minimum Gasteiger partial charge on any atom is -0.357 e. The van der Waals surface area contributed by atoms with Crippen molar-refractivity contribution in [3.8, 4) is 0 Å². The third-order valence-electron chi connectivity index (χ3n) is 3.77. The second-order valence-corrected chi connectivity index (χ2v) is 8.46. The molecule has 1 atom stereocenters. The van der Waals surface area contributed by atoms with Gasteiger partial charge in [0.05, 0.1) is 11.5 Å². The molecule has 1 heterocycles. The maximum atomic E-state index is 11.5. The number of hydrogen-bond donors (Lipinski definition) is 2. The van der Waals surface area contributed by atoms with Crippen LogP contribution in [0.15, 0.2) is 29.3 Å². The normalized spacial score (nSPS) is 20.4. The van der Waals surface area contributed by atoms with E-state index in [0.29, 0.717) is 18.7 Å². The lowest BCUT2D eigenvalue weighted by molar-refractivity contribution is 0.589. The van der Waals surface area contributed by atoms with Crippen molar-refractivity contribution in [2.45, 2.75) is 19.8 Å². The smallest absolute Gasteiger partial charge is 0.191 e. The molecule has 128 valence electrons. The van der Waals surface area contributed by atoms with Gasteiger partial charge >= 0.3 is 0 Å². The summed E-state index contributed by atoms with van der Waals surface area (Å²) in [5.41, 5.74) is 1.17. The lowest BCUT2D eigenvalue weighted by atomic mass is 10.1. The van der Waals surface area contributed by atoms with Gasteiger partial charge < -0.3 is 10.6 Å². The Morgan fingerprint density at radius 3 is 2.87 bits per heavy atom. The van der Waals surface area contributed by atoms with Gasteiger partial charge in [0.15, 0.2) is 15.8 Å². The van der Waals surface area contributed by atoms with E-state index < -0.39 is 9.84 Å². The summed E-state index contributed by atoms with van der Waals surface area (Å²) in [7, 11) is -2.84. The van der Waals surface area contributed by atoms with Gasteiger partial charge in [0.2, 0.25) is 0 Å². The van der Waals surface area contributed by atoms with Crippen molar-refractivity contribution in [3.05, 3.63) is 34.9 Å². The van der Waals surface area contributed by atoms with Crippen LogP contribution in [0.3, 0.4) is 0 Å². The summed E-state index contributed by atoms with van der Waals surface area (Å²) in [5.74, 6) is 1.44. The van der Waals surface area contributed by atoms with E-state index in [0.717, 1.165) is 30.5 Å². The van der Waals surface area contributed by atoms with Crippen LogP contribution in [0.1, 0.15) is 18.9 Å². The molecule has 0 saturated carbocycles. The summed E-state index contributed by atoms with van der Waals surface area (Å²) in [6.07, 6.45) is 1.57. The molecule has 2 N–H and O–H groups in total. The summed E-state index contributed by atoms with van der Waals surface area (Å²) in [6, 6.07) is 7.80. The first kappa shape index (κ1) is 18.1. The molecule has 1 aromatic rings. The largest absolute Gasteiger partial charge is 0.357 e. The van der Waals surface area contributed by atoms with Crippen LogP contribution in [-0.4, -0.2) is 45.5 Å². The number of halogens is 1. The molecule has 2 rings (SSSR count). The van der Waals surface area contributed by atoms with E-state index in [2.05, 4.69) is 15.6 Å². The van der Waals surface area contributed by atoms with Crippen molar-refractivity contribution in [3.63, 3.8) is 0 Å². The fourth-order valence-electron chi connectivity index (χ4n) is 2.60. The van der Waals surface area contributed by atoms with Gasteiger partial charge in [-0.1, -0.05) is 23.7 Å². The predicted molar refractivity (Wildman–Crippen MR) is 95.9 cm³/mol. The van der Waals surface area contributed by atoms with Gasteiger partial charge in [0, 0.05) is 24.7 Å². The zero-order valence-electron chi connectivity index (χ0n) is 13.4. The van der Waals surface area contributed by atoms with E-state index in [4.69, 9.17) is 11.6 Å². The summed E-state index contributed by atoms with van der Waals surface area (Å²) in [5, 5.41) is 7.21. The highest BCUT2D eigenvalue weighted by atomic mass is 35.5. The minimum atomic E-state index is -2.84. The van der Waals surface area contributed by atoms with Crippen molar-refractivity contribution < 1.29 is 8.42 Å². The molecule has 0 radical (unpaired) electrons. The number of nitrogens with one attached hydrogen (secondary N) is 2. The number of guanidine groups is 1. The Bertz CT molecular complexity index is 646. The first-order valence-corrected chi connectivity index (χ1v) is 10.2. The van der Waals surface area contributed by atoms with Crippen LogP contribution in [0.4, 0.5) is 0 Å². The van der Waals surface area contributed by atoms with E-state index in [9.17, 15) is 8.42 Å². The summed E-state index contributed by atoms with van der Waals surface area (Å²) >= 11 is 5.98. The molecule has 0 aromatic heterocycles. The Morgan fingerprint density at radius 2 is 2.22 bits per heavy atom. The predicted octanol–water partition coefficient (Wildman–Crippen LogP) is 1.87. The molecule has 7 heteroatoms. The van der Waals surface area contributed by atoms with E-state index in [1.807, 2.05) is 31.2 Å². The van der Waals surface area contributed by atoms with Crippen molar-refractivity contribution in [1.29, 1.82) is 0 Å². The van der Waals surface area contributed by atoms with Gasteiger partial charge in [-0.25, -0.2) is 8.42 Å². The standard InChI is InChI=1S/C16H24ClN3O2S/c1-2-18-16(20-11-14-7-9-23(21,22)12-14)19-8-6-13-4-3-5-15(17)10-13/h3-5,10,14H,2,6-9,11-12H2,1H3,(H2,18,19,20). The van der Waals surface area contributed by atoms with Crippen LogP contribution in [0.2, 0.25) is 5.02 Å². The first-order chi connectivity index (χ1) is 11.0. The van der Waals surface area contributed by atoms with Crippen LogP contribution >= 0.6 is 11.6 Å². The molecule has 0 spiro atoms. The van der Waals surface area contributed by atoms with Gasteiger partial charge in [0.1, 0.15) is 0 Å². The molecule has 0 amide bonds. The van der Waals surface area contributed by atoms with E-state index in [1.54, 1.807) is 0 Å². The number of nitrogens with zero attached hydrogens (tertiary/aromatic N) is 1. The molecule has 1 aliphatic rings. The molecular weight excluding hydrogens is 334 g/mol. The molecule has 0 aliphatic carbocycles. The van der Waals surface area contributed by atoms with Crippen LogP contribution in [-0.2, 0) is 16.3 Å². The summed E-state index contributed by atoms with van der Waals surface area (Å²) in [4.78, 5) is 4.51. The lowest BCUT2D eigenvalue weighted by Crippen LogP contribution is -2.38. The number of aliphatic imine (C=N–C) groups is 1. The number of hydrogen-bond acceptors (Lipinski definition) is 3. The number of benzene rings is 1. The lowest BCUT2D eigenvalue weighted by Gasteiger charge is -2.12. The van der Waals surface area contributed by atoms with Crippen molar-refractivity contribution in [1.82, 2.24) is 10.6 Å². The minimum absolute atomic E-state index is 0.142. The summed E-state index contributed by atoms with van der Waals surface area (Å²) < 4.78 is 23.0. The molecule has 0 bridgehead atoms. The van der Waals surface area contributed by atoms with Gasteiger partial charge in [-0.05, 0) is 43.4 Å². The summed E-state index contributed by atoms with van der Waals surface area (Å²) in [6.45, 7) is 4.07. The fraction of sp³-hybridized carbons (Fsp3) is 0.562. The first-order valence-electron chi connectivity index (χ1n) is 7.95. The van der Waals surface area contributed by atoms with Crippen molar-refractivity contribution >= 4 is 27.4 Å². The SMILES string of the molecule is CCNC(=NCC1CCS(=O)(=O)C1)NCCc1cccc(Cl)c1. The Morgan fingerprint density at radius 1 is 1.39 bits per heavy atom. The zero-order chi connectivity index (χ0) is 16.7. The van der Waals surface area contributed by atoms with Crippen LogP contribution < -0.4 is 10.6 Å². The van der Waals surface area contributed by atoms with Crippen LogP contribution in [0.5, 0.6) is 0 Å². The Hall–Kier alpha value is -1.27. The second kappa shape index (κ2) is 8.55. The maximum Gasteiger partial charge on any atom is 0.191 e. The third-order valence-corrected chi connectivity index (χ3v) is 5.85. The van der Waals surface area contributed by atoms with E-state index in [1.165, 1.54) is 5.56 Å². The topological polar surface area (TPSA) is 70.6 Å². The Kier molecular flexibility index (Phi) is 6.72. The third kappa shape index (κ3) is 6.39. The second-order valence-electron chi connectivity index (χ2n) is 5.80. The van der Waals surface area contributed by atoms with Crippen molar-refractivity contribution in [2.24, 2.45) is 10.9 Å². The number of sulfone groups is 1. The fourth-order valence-corrected chi connectivity index (χ4v) is 4.66. The van der Waals surface area contributed by atoms with Gasteiger partial charge in [-0.3, -0.25) is 4.99 Å². The molecule has 1 aliphatic heterocycles. The van der Waals surface area contributed by atoms with E-state index in [-0.39, 0.29) is 11.7 Å².